The Kier molecular flexibility index (Phi) is 6.30. The summed E-state index contributed by atoms with van der Waals surface area (Å²) in [6.07, 6.45) is 4.89. The lowest BCUT2D eigenvalue weighted by molar-refractivity contribution is 0.0527. The minimum atomic E-state index is -0.398. The van der Waals surface area contributed by atoms with Crippen molar-refractivity contribution in [3.05, 3.63) is 83.9 Å². The highest BCUT2D eigenvalue weighted by molar-refractivity contribution is 5.96. The molecular formula is C21H20N4O3. The van der Waals surface area contributed by atoms with Crippen molar-refractivity contribution in [1.82, 2.24) is 15.3 Å². The lowest BCUT2D eigenvalue weighted by atomic mass is 10.1. The van der Waals surface area contributed by atoms with Gasteiger partial charge in [0.05, 0.1) is 29.7 Å². The molecule has 3 rings (SSSR count). The second-order valence-corrected chi connectivity index (χ2v) is 5.86. The number of hydrogen-bond donors (Lipinski definition) is 2. The van der Waals surface area contributed by atoms with Gasteiger partial charge in [-0.2, -0.15) is 0 Å². The van der Waals surface area contributed by atoms with E-state index in [-0.39, 0.29) is 5.91 Å². The predicted octanol–water partition coefficient (Wildman–Crippen LogP) is 3.33. The highest BCUT2D eigenvalue weighted by Crippen LogP contribution is 2.21. The van der Waals surface area contributed by atoms with Gasteiger partial charge in [-0.1, -0.05) is 12.1 Å². The molecule has 7 heteroatoms. The third-order valence-corrected chi connectivity index (χ3v) is 3.90. The normalized spacial score (nSPS) is 10.2. The van der Waals surface area contributed by atoms with Crippen LogP contribution in [0.25, 0.3) is 0 Å². The Morgan fingerprint density at radius 3 is 2.54 bits per heavy atom. The summed E-state index contributed by atoms with van der Waals surface area (Å²) >= 11 is 0. The number of carbonyl (C=O) groups excluding carboxylic acids is 2. The second kappa shape index (κ2) is 9.27. The molecule has 0 spiro atoms. The Morgan fingerprint density at radius 1 is 1.04 bits per heavy atom. The molecule has 2 heterocycles. The van der Waals surface area contributed by atoms with Gasteiger partial charge < -0.3 is 15.4 Å². The van der Waals surface area contributed by atoms with Crippen LogP contribution in [0.15, 0.2) is 67.1 Å². The molecule has 0 atom stereocenters. The summed E-state index contributed by atoms with van der Waals surface area (Å²) in [7, 11) is 0. The van der Waals surface area contributed by atoms with Crippen LogP contribution in [0.2, 0.25) is 0 Å². The topological polar surface area (TPSA) is 93.2 Å². The first-order valence-corrected chi connectivity index (χ1v) is 8.83. The van der Waals surface area contributed by atoms with Crippen molar-refractivity contribution >= 4 is 23.3 Å². The van der Waals surface area contributed by atoms with Crippen LogP contribution in [0, 0.1) is 0 Å². The molecule has 0 unspecified atom stereocenters. The predicted molar refractivity (Wildman–Crippen MR) is 105 cm³/mol. The van der Waals surface area contributed by atoms with Gasteiger partial charge in [-0.05, 0) is 48.9 Å². The lowest BCUT2D eigenvalue weighted by Gasteiger charge is -2.11. The fraction of sp³-hybridized carbons (Fsp3) is 0.143. The number of benzene rings is 1. The van der Waals surface area contributed by atoms with Crippen LogP contribution in [-0.4, -0.2) is 28.5 Å². The van der Waals surface area contributed by atoms with Crippen LogP contribution in [0.5, 0.6) is 0 Å². The fourth-order valence-electron chi connectivity index (χ4n) is 2.51. The van der Waals surface area contributed by atoms with Crippen LogP contribution in [-0.2, 0) is 11.3 Å². The average molecular weight is 376 g/mol. The summed E-state index contributed by atoms with van der Waals surface area (Å²) in [6.45, 7) is 2.46. The molecule has 0 aliphatic heterocycles. The summed E-state index contributed by atoms with van der Waals surface area (Å²) < 4.78 is 5.07. The van der Waals surface area contributed by atoms with Crippen molar-refractivity contribution in [2.24, 2.45) is 0 Å². The summed E-state index contributed by atoms with van der Waals surface area (Å²) in [4.78, 5) is 32.4. The summed E-state index contributed by atoms with van der Waals surface area (Å²) in [5, 5.41) is 5.95. The zero-order valence-electron chi connectivity index (χ0n) is 15.4. The third kappa shape index (κ3) is 4.91. The zero-order valence-corrected chi connectivity index (χ0v) is 15.4. The molecule has 1 aromatic carbocycles. The van der Waals surface area contributed by atoms with Gasteiger partial charge in [0.15, 0.2) is 0 Å². The fourth-order valence-corrected chi connectivity index (χ4v) is 2.51. The van der Waals surface area contributed by atoms with E-state index in [2.05, 4.69) is 20.6 Å². The van der Waals surface area contributed by atoms with Crippen molar-refractivity contribution in [2.45, 2.75) is 13.5 Å². The summed E-state index contributed by atoms with van der Waals surface area (Å²) in [5.74, 6) is -0.666. The molecule has 0 fully saturated rings. The van der Waals surface area contributed by atoms with E-state index in [4.69, 9.17) is 4.74 Å². The van der Waals surface area contributed by atoms with E-state index in [9.17, 15) is 9.59 Å². The molecule has 2 N–H and O–H groups in total. The van der Waals surface area contributed by atoms with Gasteiger partial charge in [0.2, 0.25) is 0 Å². The molecule has 7 nitrogen and oxygen atoms in total. The van der Waals surface area contributed by atoms with Gasteiger partial charge >= 0.3 is 5.97 Å². The quantitative estimate of drug-likeness (QED) is 0.615. The van der Waals surface area contributed by atoms with Crippen molar-refractivity contribution in [1.29, 1.82) is 0 Å². The molecule has 28 heavy (non-hydrogen) atoms. The Balaban J connectivity index is 1.65. The van der Waals surface area contributed by atoms with E-state index in [1.807, 2.05) is 18.2 Å². The van der Waals surface area contributed by atoms with Crippen LogP contribution in [0.1, 0.15) is 33.3 Å². The molecule has 0 bridgehead atoms. The third-order valence-electron chi connectivity index (χ3n) is 3.90. The van der Waals surface area contributed by atoms with Crippen molar-refractivity contribution in [3.8, 4) is 0 Å². The number of carbonyl (C=O) groups is 2. The molecule has 0 aliphatic rings. The van der Waals surface area contributed by atoms with Crippen molar-refractivity contribution in [2.75, 3.05) is 11.9 Å². The standard InChI is InChI=1S/C21H20N4O3/c1-2-28-21(27)17-5-3-4-6-18(17)25-16-7-8-19(23-14-16)20(26)24-13-15-9-11-22-12-10-15/h3-12,14,25H,2,13H2,1H3,(H,24,26). The maximum absolute atomic E-state index is 12.2. The smallest absolute Gasteiger partial charge is 0.340 e. The summed E-state index contributed by atoms with van der Waals surface area (Å²) in [6, 6.07) is 14.1. The number of pyridine rings is 2. The Morgan fingerprint density at radius 2 is 1.82 bits per heavy atom. The number of ether oxygens (including phenoxy) is 1. The SMILES string of the molecule is CCOC(=O)c1ccccc1Nc1ccc(C(=O)NCc2ccncc2)nc1. The Hall–Kier alpha value is -3.74. The number of amides is 1. The molecule has 0 radical (unpaired) electrons. The number of nitrogens with one attached hydrogen (secondary N) is 2. The number of esters is 1. The van der Waals surface area contributed by atoms with Crippen molar-refractivity contribution < 1.29 is 14.3 Å². The van der Waals surface area contributed by atoms with E-state index in [0.717, 1.165) is 5.56 Å². The molecule has 0 saturated carbocycles. The molecule has 3 aromatic rings. The minimum absolute atomic E-state index is 0.268. The van der Waals surface area contributed by atoms with Gasteiger partial charge in [-0.25, -0.2) is 9.78 Å². The first-order valence-electron chi connectivity index (χ1n) is 8.83. The van der Waals surface area contributed by atoms with Gasteiger partial charge in [0, 0.05) is 18.9 Å². The first-order chi connectivity index (χ1) is 13.7. The molecule has 1 amide bonds. The average Bonchev–Trinajstić information content (AvgIpc) is 2.74. The van der Waals surface area contributed by atoms with Crippen LogP contribution in [0.4, 0.5) is 11.4 Å². The number of rotatable bonds is 7. The first kappa shape index (κ1) is 19.0. The van der Waals surface area contributed by atoms with E-state index >= 15 is 0 Å². The Labute approximate surface area is 162 Å². The largest absolute Gasteiger partial charge is 0.462 e. The number of anilines is 2. The number of hydrogen-bond acceptors (Lipinski definition) is 6. The second-order valence-electron chi connectivity index (χ2n) is 5.86. The van der Waals surface area contributed by atoms with E-state index in [1.54, 1.807) is 55.8 Å². The molecule has 0 saturated heterocycles. The maximum Gasteiger partial charge on any atom is 0.340 e. The Bertz CT molecular complexity index is 943. The van der Waals surface area contributed by atoms with Crippen LogP contribution in [0.3, 0.4) is 0 Å². The van der Waals surface area contributed by atoms with Crippen molar-refractivity contribution in [3.63, 3.8) is 0 Å². The molecule has 142 valence electrons. The molecular weight excluding hydrogens is 356 g/mol. The number of para-hydroxylation sites is 1. The highest BCUT2D eigenvalue weighted by Gasteiger charge is 2.12. The number of nitrogens with zero attached hydrogens (tertiary/aromatic N) is 2. The van der Waals surface area contributed by atoms with Crippen LogP contribution < -0.4 is 10.6 Å². The van der Waals surface area contributed by atoms with Gasteiger partial charge in [-0.15, -0.1) is 0 Å². The van der Waals surface area contributed by atoms with E-state index < -0.39 is 5.97 Å². The van der Waals surface area contributed by atoms with Gasteiger partial charge in [0.25, 0.3) is 5.91 Å². The molecule has 2 aromatic heterocycles. The minimum Gasteiger partial charge on any atom is -0.462 e. The van der Waals surface area contributed by atoms with Crippen LogP contribution >= 0.6 is 0 Å². The zero-order chi connectivity index (χ0) is 19.8. The lowest BCUT2D eigenvalue weighted by Crippen LogP contribution is -2.23. The number of aromatic nitrogens is 2. The maximum atomic E-state index is 12.2. The van der Waals surface area contributed by atoms with Gasteiger partial charge in [-0.3, -0.25) is 9.78 Å². The highest BCUT2D eigenvalue weighted by atomic mass is 16.5. The summed E-state index contributed by atoms with van der Waals surface area (Å²) in [5.41, 5.74) is 2.96. The van der Waals surface area contributed by atoms with E-state index in [0.29, 0.717) is 35.8 Å². The monoisotopic (exact) mass is 376 g/mol. The molecule has 0 aliphatic carbocycles. The van der Waals surface area contributed by atoms with E-state index in [1.165, 1.54) is 0 Å². The van der Waals surface area contributed by atoms with Gasteiger partial charge in [0.1, 0.15) is 5.69 Å².